The van der Waals surface area contributed by atoms with E-state index in [0.29, 0.717) is 11.0 Å². The van der Waals surface area contributed by atoms with Gasteiger partial charge in [-0.25, -0.2) is 0 Å². The van der Waals surface area contributed by atoms with E-state index in [1.54, 1.807) is 22.4 Å². The van der Waals surface area contributed by atoms with Gasteiger partial charge in [0.15, 0.2) is 0 Å². The lowest BCUT2D eigenvalue weighted by molar-refractivity contribution is 0.244. The van der Waals surface area contributed by atoms with Gasteiger partial charge >= 0.3 is 0 Å². The van der Waals surface area contributed by atoms with Crippen molar-refractivity contribution in [3.05, 3.63) is 52.6 Å². The van der Waals surface area contributed by atoms with Crippen LogP contribution in [-0.2, 0) is 10.8 Å². The van der Waals surface area contributed by atoms with Crippen LogP contribution in [-0.4, -0.2) is 17.0 Å². The molecule has 0 radical (unpaired) electrons. The molecule has 1 aromatic carbocycles. The van der Waals surface area contributed by atoms with Gasteiger partial charge in [0, 0.05) is 28.6 Å². The Morgan fingerprint density at radius 1 is 1.14 bits per heavy atom. The molecular formula is C20H23N. The van der Waals surface area contributed by atoms with Gasteiger partial charge in [-0.1, -0.05) is 58.0 Å². The summed E-state index contributed by atoms with van der Waals surface area (Å²) < 4.78 is 0. The van der Waals surface area contributed by atoms with Crippen molar-refractivity contribution < 1.29 is 0 Å². The summed E-state index contributed by atoms with van der Waals surface area (Å²) in [6.07, 6.45) is 7.34. The van der Waals surface area contributed by atoms with E-state index in [1.165, 1.54) is 18.4 Å². The summed E-state index contributed by atoms with van der Waals surface area (Å²) in [5.74, 6) is 0. The lowest BCUT2D eigenvalue weighted by Gasteiger charge is -2.44. The molecule has 1 nitrogen and oxygen atoms in total. The van der Waals surface area contributed by atoms with E-state index < -0.39 is 0 Å². The smallest absolute Gasteiger partial charge is 0.0507 e. The minimum absolute atomic E-state index is 0.151. The number of allylic oxidation sites excluding steroid dienone is 2. The van der Waals surface area contributed by atoms with Crippen LogP contribution in [0.5, 0.6) is 0 Å². The first-order chi connectivity index (χ1) is 9.97. The van der Waals surface area contributed by atoms with Crippen LogP contribution in [0.1, 0.15) is 57.2 Å². The highest BCUT2D eigenvalue weighted by atomic mass is 15.3. The summed E-state index contributed by atoms with van der Waals surface area (Å²) in [7, 11) is 0. The van der Waals surface area contributed by atoms with Crippen LogP contribution in [0.4, 0.5) is 0 Å². The topological polar surface area (TPSA) is 3.24 Å². The van der Waals surface area contributed by atoms with E-state index in [4.69, 9.17) is 0 Å². The molecule has 21 heavy (non-hydrogen) atoms. The second-order valence-corrected chi connectivity index (χ2v) is 8.02. The van der Waals surface area contributed by atoms with Gasteiger partial charge in [-0.15, -0.1) is 0 Å². The molecule has 2 unspecified atom stereocenters. The van der Waals surface area contributed by atoms with Gasteiger partial charge in [0.2, 0.25) is 0 Å². The fourth-order valence-corrected chi connectivity index (χ4v) is 5.67. The largest absolute Gasteiger partial charge is 0.360 e. The molecule has 4 aliphatic rings. The highest BCUT2D eigenvalue weighted by Crippen LogP contribution is 2.71. The predicted octanol–water partition coefficient (Wildman–Crippen LogP) is 4.38. The Hall–Kier alpha value is -1.50. The zero-order valence-electron chi connectivity index (χ0n) is 13.5. The normalized spacial score (nSPS) is 36.7. The maximum absolute atomic E-state index is 2.75. The molecule has 0 spiro atoms. The van der Waals surface area contributed by atoms with Crippen molar-refractivity contribution in [2.45, 2.75) is 56.9 Å². The number of nitrogens with zero attached hydrogens (tertiary/aromatic N) is 1. The van der Waals surface area contributed by atoms with E-state index in [1.807, 2.05) is 0 Å². The van der Waals surface area contributed by atoms with Crippen LogP contribution in [0.2, 0.25) is 0 Å². The van der Waals surface area contributed by atoms with E-state index in [-0.39, 0.29) is 5.41 Å². The third-order valence-electron chi connectivity index (χ3n) is 6.99. The van der Waals surface area contributed by atoms with Crippen molar-refractivity contribution in [2.75, 3.05) is 6.54 Å². The maximum Gasteiger partial charge on any atom is 0.0507 e. The lowest BCUT2D eigenvalue weighted by Crippen LogP contribution is -2.45. The van der Waals surface area contributed by atoms with Gasteiger partial charge < -0.3 is 4.90 Å². The molecule has 1 fully saturated rings. The van der Waals surface area contributed by atoms with E-state index in [9.17, 15) is 0 Å². The number of rotatable bonds is 1. The van der Waals surface area contributed by atoms with Crippen LogP contribution < -0.4 is 0 Å². The number of benzene rings is 1. The lowest BCUT2D eigenvalue weighted by atomic mass is 9.78. The molecule has 0 amide bonds. The molecule has 1 aromatic rings. The van der Waals surface area contributed by atoms with Crippen LogP contribution in [0, 0.1) is 0 Å². The Morgan fingerprint density at radius 2 is 1.90 bits per heavy atom. The molecule has 2 atom stereocenters. The fraction of sp³-hybridized carbons (Fsp3) is 0.500. The number of hydrogen-bond donors (Lipinski definition) is 0. The van der Waals surface area contributed by atoms with E-state index in [0.717, 1.165) is 6.54 Å². The molecule has 1 saturated carbocycles. The standard InChI is InChI=1S/C20H23N/c1-5-20-12-19(20,4)14-9-6-8-13-16(14)17-15(18(13,2)3)10-7-11-21(17)20/h6-10H,5,11-12H2,1-4H3. The van der Waals surface area contributed by atoms with Crippen molar-refractivity contribution in [2.24, 2.45) is 0 Å². The Morgan fingerprint density at radius 3 is 2.67 bits per heavy atom. The van der Waals surface area contributed by atoms with Crippen molar-refractivity contribution in [3.63, 3.8) is 0 Å². The van der Waals surface area contributed by atoms with Crippen molar-refractivity contribution in [1.29, 1.82) is 0 Å². The summed E-state index contributed by atoms with van der Waals surface area (Å²) >= 11 is 0. The molecule has 2 heterocycles. The van der Waals surface area contributed by atoms with Crippen molar-refractivity contribution in [1.82, 2.24) is 4.90 Å². The summed E-state index contributed by atoms with van der Waals surface area (Å²) in [5, 5.41) is 0. The summed E-state index contributed by atoms with van der Waals surface area (Å²) in [6, 6.07) is 7.05. The second-order valence-electron chi connectivity index (χ2n) is 8.02. The molecule has 2 aliphatic carbocycles. The monoisotopic (exact) mass is 277 g/mol. The first-order valence-electron chi connectivity index (χ1n) is 8.31. The predicted molar refractivity (Wildman–Crippen MR) is 87.2 cm³/mol. The first-order valence-corrected chi connectivity index (χ1v) is 8.31. The van der Waals surface area contributed by atoms with Crippen LogP contribution in [0.15, 0.2) is 35.9 Å². The zero-order valence-corrected chi connectivity index (χ0v) is 13.5. The minimum Gasteiger partial charge on any atom is -0.360 e. The van der Waals surface area contributed by atoms with Gasteiger partial charge in [-0.2, -0.15) is 0 Å². The number of hydrogen-bond acceptors (Lipinski definition) is 1. The highest BCUT2D eigenvalue weighted by molar-refractivity contribution is 5.88. The molecule has 0 N–H and O–H groups in total. The third kappa shape index (κ3) is 1.01. The van der Waals surface area contributed by atoms with E-state index >= 15 is 0 Å². The Kier molecular flexibility index (Phi) is 1.81. The van der Waals surface area contributed by atoms with Crippen molar-refractivity contribution >= 4 is 5.70 Å². The molecule has 0 aromatic heterocycles. The van der Waals surface area contributed by atoms with Gasteiger partial charge in [0.25, 0.3) is 0 Å². The Bertz CT molecular complexity index is 751. The third-order valence-corrected chi connectivity index (χ3v) is 6.99. The maximum atomic E-state index is 2.75. The average molecular weight is 277 g/mol. The fourth-order valence-electron chi connectivity index (χ4n) is 5.67. The van der Waals surface area contributed by atoms with Crippen LogP contribution in [0.25, 0.3) is 5.70 Å². The summed E-state index contributed by atoms with van der Waals surface area (Å²) in [6.45, 7) is 10.7. The van der Waals surface area contributed by atoms with E-state index in [2.05, 4.69) is 62.9 Å². The summed E-state index contributed by atoms with van der Waals surface area (Å²) in [4.78, 5) is 2.75. The molecule has 2 aliphatic heterocycles. The van der Waals surface area contributed by atoms with Crippen LogP contribution in [0.3, 0.4) is 0 Å². The van der Waals surface area contributed by atoms with Crippen molar-refractivity contribution in [3.8, 4) is 0 Å². The Balaban J connectivity index is 1.93. The molecular weight excluding hydrogens is 254 g/mol. The minimum atomic E-state index is 0.151. The molecule has 5 rings (SSSR count). The van der Waals surface area contributed by atoms with Gasteiger partial charge in [0.05, 0.1) is 5.54 Å². The van der Waals surface area contributed by atoms with Gasteiger partial charge in [0.1, 0.15) is 0 Å². The second kappa shape index (κ2) is 3.14. The first kappa shape index (κ1) is 12.1. The Labute approximate surface area is 127 Å². The van der Waals surface area contributed by atoms with Crippen LogP contribution >= 0.6 is 0 Å². The molecule has 1 heteroatoms. The summed E-state index contributed by atoms with van der Waals surface area (Å²) in [5.41, 5.74) is 8.70. The van der Waals surface area contributed by atoms with Gasteiger partial charge in [-0.05, 0) is 29.5 Å². The quantitative estimate of drug-likeness (QED) is 0.736. The molecule has 108 valence electrons. The SMILES string of the molecule is CCC12CC1(C)c1cccc3c1C1=C(C=CCN12)C3(C)C. The zero-order chi connectivity index (χ0) is 14.6. The average Bonchev–Trinajstić information content (AvgIpc) is 3.07. The highest BCUT2D eigenvalue weighted by Gasteiger charge is 2.71. The molecule has 0 saturated heterocycles. The number of fused-ring (bicyclic) bond motifs is 3. The van der Waals surface area contributed by atoms with Gasteiger partial charge in [-0.3, -0.25) is 0 Å². The molecule has 0 bridgehead atoms.